The number of rotatable bonds is 11. The van der Waals surface area contributed by atoms with E-state index in [9.17, 15) is 19.2 Å². The third-order valence-electron chi connectivity index (χ3n) is 9.16. The van der Waals surface area contributed by atoms with Crippen LogP contribution < -0.4 is 20.1 Å². The summed E-state index contributed by atoms with van der Waals surface area (Å²) in [6, 6.07) is 14.1. The number of hydrogen-bond acceptors (Lipinski definition) is 8. The molecule has 13 nitrogen and oxygen atoms in total. The third-order valence-corrected chi connectivity index (χ3v) is 9.16. The van der Waals surface area contributed by atoms with Crippen molar-refractivity contribution in [3.8, 4) is 22.6 Å². The molecule has 4 heterocycles. The first-order valence-electron chi connectivity index (χ1n) is 17.0. The van der Waals surface area contributed by atoms with E-state index in [1.165, 1.54) is 14.2 Å². The summed E-state index contributed by atoms with van der Waals surface area (Å²) in [6.07, 6.45) is 10.0. The predicted octanol–water partition coefficient (Wildman–Crippen LogP) is 5.98. The fraction of sp³-hybridized carbons (Fsp3) is 0.342. The summed E-state index contributed by atoms with van der Waals surface area (Å²) in [5, 5.41) is 5.74. The van der Waals surface area contributed by atoms with Gasteiger partial charge in [-0.25, -0.2) is 4.79 Å². The molecule has 2 N–H and O–H groups in total. The van der Waals surface area contributed by atoms with Crippen molar-refractivity contribution in [3.63, 3.8) is 0 Å². The lowest BCUT2D eigenvalue weighted by Gasteiger charge is -2.26. The summed E-state index contributed by atoms with van der Waals surface area (Å²) in [4.78, 5) is 57.8. The summed E-state index contributed by atoms with van der Waals surface area (Å²) >= 11 is 0. The second-order valence-corrected chi connectivity index (χ2v) is 12.7. The van der Waals surface area contributed by atoms with Gasteiger partial charge >= 0.3 is 5.97 Å². The monoisotopic (exact) mass is 694 g/mol. The molecule has 0 bridgehead atoms. The number of methoxy groups -OCH3 is 2. The Hall–Kier alpha value is -5.85. The van der Waals surface area contributed by atoms with Crippen molar-refractivity contribution < 1.29 is 33.4 Å². The van der Waals surface area contributed by atoms with Gasteiger partial charge in [-0.2, -0.15) is 0 Å². The Morgan fingerprint density at radius 3 is 2.41 bits per heavy atom. The maximum Gasteiger partial charge on any atom is 0.354 e. The number of aryl methyl sites for hydroxylation is 2. The van der Waals surface area contributed by atoms with Crippen LogP contribution in [0.5, 0.6) is 11.5 Å². The van der Waals surface area contributed by atoms with Gasteiger partial charge in [0, 0.05) is 63.0 Å². The molecule has 1 atom stereocenters. The van der Waals surface area contributed by atoms with Crippen LogP contribution in [0.25, 0.3) is 11.1 Å². The summed E-state index contributed by atoms with van der Waals surface area (Å²) < 4.78 is 19.7. The van der Waals surface area contributed by atoms with Gasteiger partial charge in [0.1, 0.15) is 11.4 Å². The van der Waals surface area contributed by atoms with Gasteiger partial charge in [0.25, 0.3) is 11.8 Å². The molecule has 0 radical (unpaired) electrons. The first-order chi connectivity index (χ1) is 24.6. The number of ether oxygens (including phenoxy) is 3. The molecule has 13 heteroatoms. The highest BCUT2D eigenvalue weighted by Crippen LogP contribution is 2.38. The van der Waals surface area contributed by atoms with Crippen LogP contribution >= 0.6 is 0 Å². The second kappa shape index (κ2) is 15.4. The lowest BCUT2D eigenvalue weighted by molar-refractivity contribution is -0.116. The number of benzene rings is 2. The maximum atomic E-state index is 13.4. The average Bonchev–Trinajstić information content (AvgIpc) is 3.56. The van der Waals surface area contributed by atoms with Crippen LogP contribution in [0.4, 0.5) is 17.1 Å². The van der Waals surface area contributed by atoms with Gasteiger partial charge < -0.3 is 38.9 Å². The van der Waals surface area contributed by atoms with Gasteiger partial charge in [0.15, 0.2) is 11.5 Å². The molecule has 2 aliphatic rings. The van der Waals surface area contributed by atoms with Crippen LogP contribution in [-0.4, -0.2) is 77.4 Å². The highest BCUT2D eigenvalue weighted by atomic mass is 16.5. The number of carbonyl (C=O) groups is 4. The van der Waals surface area contributed by atoms with Crippen molar-refractivity contribution in [2.75, 3.05) is 38.0 Å². The number of carbonyl (C=O) groups excluding carboxylic acids is 4. The molecule has 3 amide bonds. The van der Waals surface area contributed by atoms with Crippen molar-refractivity contribution in [2.45, 2.75) is 44.6 Å². The number of aliphatic imine (C=N–C) groups is 1. The molecule has 266 valence electrons. The number of hydrogen-bond donors (Lipinski definition) is 2. The van der Waals surface area contributed by atoms with E-state index in [4.69, 9.17) is 14.2 Å². The lowest BCUT2D eigenvalue weighted by atomic mass is 10.1. The minimum absolute atomic E-state index is 0.0135. The van der Waals surface area contributed by atoms with E-state index in [0.29, 0.717) is 58.5 Å². The van der Waals surface area contributed by atoms with E-state index in [-0.39, 0.29) is 36.8 Å². The molecule has 1 unspecified atom stereocenters. The lowest BCUT2D eigenvalue weighted by Crippen LogP contribution is -2.40. The van der Waals surface area contributed by atoms with Crippen molar-refractivity contribution in [1.29, 1.82) is 0 Å². The molecule has 51 heavy (non-hydrogen) atoms. The molecule has 4 aromatic rings. The first-order valence-corrected chi connectivity index (χ1v) is 17.0. The first kappa shape index (κ1) is 35.0. The van der Waals surface area contributed by atoms with E-state index in [1.807, 2.05) is 29.4 Å². The van der Waals surface area contributed by atoms with Crippen LogP contribution in [0, 0.1) is 0 Å². The SMILES string of the molecule is COC(=O)c1cc(-c2ccc(NC(=O)c3cc(NC(=O)CCCOc4cc5c(cc4OC)C(=O)N4CCCCCC4C=N5)cn3C)cc2)cn1C. The maximum absolute atomic E-state index is 13.4. The van der Waals surface area contributed by atoms with Gasteiger partial charge in [0.2, 0.25) is 5.91 Å². The Morgan fingerprint density at radius 2 is 1.65 bits per heavy atom. The predicted molar refractivity (Wildman–Crippen MR) is 193 cm³/mol. The Labute approximate surface area is 296 Å². The Morgan fingerprint density at radius 1 is 0.863 bits per heavy atom. The van der Waals surface area contributed by atoms with Crippen LogP contribution in [0.1, 0.15) is 69.9 Å². The molecule has 0 saturated carbocycles. The molecule has 0 spiro atoms. The highest BCUT2D eigenvalue weighted by Gasteiger charge is 2.30. The number of aromatic nitrogens is 2. The number of esters is 1. The summed E-state index contributed by atoms with van der Waals surface area (Å²) in [5.41, 5.74) is 4.65. The fourth-order valence-corrected chi connectivity index (χ4v) is 6.43. The zero-order valence-corrected chi connectivity index (χ0v) is 29.2. The van der Waals surface area contributed by atoms with Crippen LogP contribution in [-0.2, 0) is 23.6 Å². The van der Waals surface area contributed by atoms with Gasteiger partial charge in [-0.15, -0.1) is 0 Å². The van der Waals surface area contributed by atoms with E-state index in [1.54, 1.807) is 65.8 Å². The normalized spacial score (nSPS) is 15.3. The van der Waals surface area contributed by atoms with Gasteiger partial charge in [-0.05, 0) is 55.2 Å². The summed E-state index contributed by atoms with van der Waals surface area (Å²) in [6.45, 7) is 0.954. The topological polar surface area (TPSA) is 145 Å². The average molecular weight is 695 g/mol. The van der Waals surface area contributed by atoms with E-state index in [0.717, 1.165) is 36.8 Å². The summed E-state index contributed by atoms with van der Waals surface area (Å²) in [5.74, 6) is -0.128. The molecule has 6 rings (SSSR count). The molecule has 2 aliphatic heterocycles. The van der Waals surface area contributed by atoms with E-state index < -0.39 is 5.97 Å². The molecule has 2 aromatic heterocycles. The van der Waals surface area contributed by atoms with Crippen molar-refractivity contribution in [1.82, 2.24) is 14.0 Å². The number of nitrogens with zero attached hydrogens (tertiary/aromatic N) is 4. The van der Waals surface area contributed by atoms with Crippen molar-refractivity contribution in [2.24, 2.45) is 19.1 Å². The minimum atomic E-state index is -0.418. The largest absolute Gasteiger partial charge is 0.493 e. The molecule has 2 aromatic carbocycles. The Bertz CT molecular complexity index is 1980. The smallest absolute Gasteiger partial charge is 0.354 e. The van der Waals surface area contributed by atoms with Crippen LogP contribution in [0.2, 0.25) is 0 Å². The Balaban J connectivity index is 1.00. The Kier molecular flexibility index (Phi) is 10.5. The van der Waals surface area contributed by atoms with Gasteiger partial charge in [-0.1, -0.05) is 25.0 Å². The molecular formula is C38H42N6O7. The van der Waals surface area contributed by atoms with E-state index in [2.05, 4.69) is 15.6 Å². The molecule has 0 aliphatic carbocycles. The second-order valence-electron chi connectivity index (χ2n) is 12.7. The quantitative estimate of drug-likeness (QED) is 0.145. The third kappa shape index (κ3) is 7.82. The number of anilines is 2. The van der Waals surface area contributed by atoms with Crippen LogP contribution in [0.3, 0.4) is 0 Å². The highest BCUT2D eigenvalue weighted by molar-refractivity contribution is 6.05. The summed E-state index contributed by atoms with van der Waals surface area (Å²) in [7, 11) is 6.37. The van der Waals surface area contributed by atoms with Crippen molar-refractivity contribution >= 4 is 47.0 Å². The molecular weight excluding hydrogens is 652 g/mol. The van der Waals surface area contributed by atoms with Crippen LogP contribution in [0.15, 0.2) is 65.9 Å². The van der Waals surface area contributed by atoms with E-state index >= 15 is 0 Å². The molecule has 1 fully saturated rings. The number of nitrogens with one attached hydrogen (secondary N) is 2. The minimum Gasteiger partial charge on any atom is -0.493 e. The van der Waals surface area contributed by atoms with Crippen molar-refractivity contribution in [3.05, 3.63) is 77.9 Å². The fourth-order valence-electron chi connectivity index (χ4n) is 6.43. The molecule has 1 saturated heterocycles. The zero-order chi connectivity index (χ0) is 36.1. The number of fused-ring (bicyclic) bond motifs is 2. The standard InChI is InChI=1S/C38H42N6O7/c1-42-22-25(17-32(42)38(48)50-4)24-11-13-26(14-12-24)41-36(46)31-18-27(23-43(31)2)40-35(45)10-8-16-51-34-20-30-29(19-33(34)49-3)37(47)44-15-7-5-6-9-28(44)21-39-30/h11-14,17-23,28H,5-10,15-16H2,1-4H3,(H,40,45)(H,41,46). The number of amides is 3. The van der Waals surface area contributed by atoms with Gasteiger partial charge in [0.05, 0.1) is 43.8 Å². The van der Waals surface area contributed by atoms with Gasteiger partial charge in [-0.3, -0.25) is 19.4 Å². The zero-order valence-electron chi connectivity index (χ0n) is 29.2.